The van der Waals surface area contributed by atoms with Crippen LogP contribution < -0.4 is 0 Å². The van der Waals surface area contributed by atoms with Crippen LogP contribution in [0.2, 0.25) is 0 Å². The molecule has 0 aromatic carbocycles. The summed E-state index contributed by atoms with van der Waals surface area (Å²) in [6.45, 7) is 0. The molecule has 0 spiro atoms. The van der Waals surface area contributed by atoms with Gasteiger partial charge in [0, 0.05) is 53.4 Å². The summed E-state index contributed by atoms with van der Waals surface area (Å²) in [4.78, 5) is 0. The predicted molar refractivity (Wildman–Crippen MR) is 3.61 cm³/mol. The van der Waals surface area contributed by atoms with Crippen molar-refractivity contribution in [3.05, 3.63) is 0 Å². The smallest absolute Gasteiger partial charge is 0 e. The van der Waals surface area contributed by atoms with Gasteiger partial charge in [-0.1, -0.05) is 0 Å². The Morgan fingerprint density at radius 2 is 0.750 bits per heavy atom. The summed E-state index contributed by atoms with van der Waals surface area (Å²) in [5.74, 6) is 0. The first-order valence-corrected chi connectivity index (χ1v) is 0. The van der Waals surface area contributed by atoms with Crippen molar-refractivity contribution in [1.82, 2.24) is 0 Å². The molecule has 38 valence electrons. The largest absolute Gasteiger partial charge is 0.412 e. The molecule has 0 aliphatic rings. The second-order valence-electron chi connectivity index (χ2n) is 0. The minimum Gasteiger partial charge on any atom is -0.412 e. The van der Waals surface area contributed by atoms with Gasteiger partial charge in [-0.15, -0.1) is 0 Å². The van der Waals surface area contributed by atoms with Crippen molar-refractivity contribution in [2.45, 2.75) is 0 Å². The molecule has 0 heterocycles. The van der Waals surface area contributed by atoms with Gasteiger partial charge in [0.05, 0.1) is 0 Å². The van der Waals surface area contributed by atoms with E-state index in [1.54, 1.807) is 0 Å². The Morgan fingerprint density at radius 1 is 0.750 bits per heavy atom. The van der Waals surface area contributed by atoms with Crippen LogP contribution in [0.4, 0.5) is 0 Å². The van der Waals surface area contributed by atoms with Crippen molar-refractivity contribution in [3.8, 4) is 0 Å². The van der Waals surface area contributed by atoms with Crippen LogP contribution in [0.5, 0.6) is 0 Å². The van der Waals surface area contributed by atoms with E-state index in [1.807, 2.05) is 0 Å². The third-order valence-corrected chi connectivity index (χ3v) is 0. The van der Waals surface area contributed by atoms with E-state index in [9.17, 15) is 0 Å². The van der Waals surface area contributed by atoms with E-state index >= 15 is 0 Å². The Balaban J connectivity index is 0. The van der Waals surface area contributed by atoms with Crippen LogP contribution in [0, 0.1) is 0 Å². The first-order chi connectivity index (χ1) is 0. The zero-order chi connectivity index (χ0) is 0. The Morgan fingerprint density at radius 3 is 0.750 bits per heavy atom. The van der Waals surface area contributed by atoms with E-state index in [2.05, 4.69) is 0 Å². The van der Waals surface area contributed by atoms with Crippen molar-refractivity contribution in [1.29, 1.82) is 0 Å². The topological polar surface area (TPSA) is 31.5 Å². The molecule has 0 rings (SSSR count). The molecule has 0 saturated carbocycles. The van der Waals surface area contributed by atoms with Gasteiger partial charge in [0.1, 0.15) is 0 Å². The van der Waals surface area contributed by atoms with Gasteiger partial charge in [0.25, 0.3) is 0 Å². The van der Waals surface area contributed by atoms with Crippen molar-refractivity contribution < 1.29 is 58.9 Å². The predicted octanol–water partition coefficient (Wildman–Crippen LogP) is -0.832. The molecule has 0 bridgehead atoms. The van der Waals surface area contributed by atoms with Crippen molar-refractivity contribution in [2.24, 2.45) is 0 Å². The van der Waals surface area contributed by atoms with Crippen LogP contribution in [0.1, 0.15) is 0 Å². The summed E-state index contributed by atoms with van der Waals surface area (Å²) in [5.41, 5.74) is 0. The maximum atomic E-state index is 0. The molecule has 0 aromatic heterocycles. The van der Waals surface area contributed by atoms with Crippen molar-refractivity contribution in [2.75, 3.05) is 0 Å². The molecule has 4 heavy (non-hydrogen) atoms. The Bertz CT molecular complexity index is 6.00. The average Bonchev–Trinajstić information content (AvgIpc) is 0. The van der Waals surface area contributed by atoms with Gasteiger partial charge in [-0.2, -0.15) is 0 Å². The number of hydrogen-bond acceptors (Lipinski definition) is 0. The molecule has 0 unspecified atom stereocenters. The summed E-state index contributed by atoms with van der Waals surface area (Å²) in [7, 11) is 0. The molecular formula is H2Ni2OPd. The Kier molecular flexibility index (Phi) is 267. The van der Waals surface area contributed by atoms with Crippen LogP contribution in [-0.4, -0.2) is 5.48 Å². The second-order valence-corrected chi connectivity index (χ2v) is 0. The second kappa shape index (κ2) is 23.2. The van der Waals surface area contributed by atoms with E-state index in [0.717, 1.165) is 0 Å². The van der Waals surface area contributed by atoms with Crippen LogP contribution >= 0.6 is 0 Å². The number of hydrogen-bond donors (Lipinski definition) is 0. The van der Waals surface area contributed by atoms with Crippen molar-refractivity contribution >= 4 is 0 Å². The molecule has 0 radical (unpaired) electrons. The van der Waals surface area contributed by atoms with Crippen LogP contribution in [0.15, 0.2) is 0 Å². The summed E-state index contributed by atoms with van der Waals surface area (Å²) >= 11 is 0. The first-order valence-electron chi connectivity index (χ1n) is 0. The summed E-state index contributed by atoms with van der Waals surface area (Å²) in [6, 6.07) is 0. The van der Waals surface area contributed by atoms with E-state index in [4.69, 9.17) is 0 Å². The third kappa shape index (κ3) is 9.49. The molecular weight excluding hydrogens is 240 g/mol. The summed E-state index contributed by atoms with van der Waals surface area (Å²) in [6.07, 6.45) is 0. The minimum absolute atomic E-state index is 0. The van der Waals surface area contributed by atoms with Gasteiger partial charge >= 0.3 is 0 Å². The van der Waals surface area contributed by atoms with Crippen LogP contribution in [0.25, 0.3) is 0 Å². The minimum atomic E-state index is 0. The molecule has 0 amide bonds. The quantitative estimate of drug-likeness (QED) is 0.496. The SMILES string of the molecule is O.[Ni].[Ni].[Pd]. The van der Waals surface area contributed by atoms with Gasteiger partial charge in [-0.25, -0.2) is 0 Å². The molecule has 4 heteroatoms. The fourth-order valence-corrected chi connectivity index (χ4v) is 0. The van der Waals surface area contributed by atoms with Crippen LogP contribution in [0.3, 0.4) is 0 Å². The summed E-state index contributed by atoms with van der Waals surface area (Å²) in [5, 5.41) is 0. The normalized spacial score (nSPS) is 0. The fourth-order valence-electron chi connectivity index (χ4n) is 0. The maximum absolute atomic E-state index is 0. The third-order valence-electron chi connectivity index (χ3n) is 0. The van der Waals surface area contributed by atoms with Crippen molar-refractivity contribution in [3.63, 3.8) is 0 Å². The van der Waals surface area contributed by atoms with Gasteiger partial charge < -0.3 is 5.48 Å². The molecule has 0 aliphatic carbocycles. The van der Waals surface area contributed by atoms with Gasteiger partial charge in [-0.3, -0.25) is 0 Å². The van der Waals surface area contributed by atoms with Gasteiger partial charge in [0.2, 0.25) is 0 Å². The standard InChI is InChI=1S/2Ni.H2O.Pd/h;;1H2;. The average molecular weight is 242 g/mol. The van der Waals surface area contributed by atoms with E-state index in [1.165, 1.54) is 0 Å². The van der Waals surface area contributed by atoms with E-state index in [-0.39, 0.29) is 58.9 Å². The zero-order valence-corrected chi connectivity index (χ0v) is 4.98. The zero-order valence-electron chi connectivity index (χ0n) is 1.45. The first kappa shape index (κ1) is 46.0. The Labute approximate surface area is 58.7 Å². The van der Waals surface area contributed by atoms with E-state index in [0.29, 0.717) is 0 Å². The molecule has 1 nitrogen and oxygen atoms in total. The fraction of sp³-hybridized carbons (Fsp3) is 0. The van der Waals surface area contributed by atoms with Gasteiger partial charge in [-0.05, 0) is 0 Å². The maximum Gasteiger partial charge on any atom is 0 e. The molecule has 0 saturated heterocycles. The number of rotatable bonds is 0. The Hall–Kier alpha value is 1.61. The van der Waals surface area contributed by atoms with Crippen LogP contribution in [-0.2, 0) is 53.4 Å². The molecule has 0 fully saturated rings. The van der Waals surface area contributed by atoms with E-state index < -0.39 is 0 Å². The summed E-state index contributed by atoms with van der Waals surface area (Å²) < 4.78 is 0. The monoisotopic (exact) mass is 240 g/mol. The van der Waals surface area contributed by atoms with Gasteiger partial charge in [0.15, 0.2) is 0 Å². The molecule has 0 aromatic rings. The molecule has 0 aliphatic heterocycles. The molecule has 0 atom stereocenters. The molecule has 2 N–H and O–H groups in total.